The number of sulfonamides is 1. The van der Waals surface area contributed by atoms with Crippen molar-refractivity contribution in [3.63, 3.8) is 0 Å². The molecule has 132 heavy (non-hydrogen) atoms. The van der Waals surface area contributed by atoms with E-state index < -0.39 is 10.0 Å². The van der Waals surface area contributed by atoms with E-state index in [1.807, 2.05) is 145 Å². The van der Waals surface area contributed by atoms with Crippen LogP contribution in [-0.2, 0) is 33.5 Å². The summed E-state index contributed by atoms with van der Waals surface area (Å²) >= 11 is 30.6. The van der Waals surface area contributed by atoms with Gasteiger partial charge in [-0.2, -0.15) is 5.10 Å². The lowest BCUT2D eigenvalue weighted by molar-refractivity contribution is -0.115. The van der Waals surface area contributed by atoms with Gasteiger partial charge in [0.05, 0.1) is 78.5 Å². The lowest BCUT2D eigenvalue weighted by atomic mass is 10.00. The molecule has 0 unspecified atom stereocenters. The third-order valence-corrected chi connectivity index (χ3v) is 24.8. The molecule has 5 amide bonds. The van der Waals surface area contributed by atoms with Crippen molar-refractivity contribution < 1.29 is 22.8 Å². The normalized spacial score (nSPS) is 13.3. The van der Waals surface area contributed by atoms with Crippen LogP contribution in [0.3, 0.4) is 0 Å². The molecule has 36 heteroatoms. The Hall–Kier alpha value is -14.1. The van der Waals surface area contributed by atoms with Crippen LogP contribution >= 0.6 is 58.0 Å². The van der Waals surface area contributed by atoms with E-state index in [1.54, 1.807) is 104 Å². The second kappa shape index (κ2) is 40.5. The number of carbonyl (C=O) groups excluding carboxylic acids is 3. The molecule has 12 N–H and O–H groups in total. The molecule has 4 aliphatic rings. The van der Waals surface area contributed by atoms with Crippen LogP contribution in [-0.4, -0.2) is 151 Å². The lowest BCUT2D eigenvalue weighted by Gasteiger charge is -2.14. The number of fused-ring (bicyclic) bond motifs is 1. The zero-order valence-electron chi connectivity index (χ0n) is 71.9. The van der Waals surface area contributed by atoms with Crippen molar-refractivity contribution in [2.24, 2.45) is 0 Å². The number of pyridine rings is 1. The van der Waals surface area contributed by atoms with Gasteiger partial charge in [0.1, 0.15) is 28.8 Å². The van der Waals surface area contributed by atoms with Crippen LogP contribution in [0.4, 0.5) is 50.2 Å². The second-order valence-corrected chi connectivity index (χ2v) is 35.7. The predicted octanol–water partition coefficient (Wildman–Crippen LogP) is 21.2. The van der Waals surface area contributed by atoms with E-state index >= 15 is 0 Å². The van der Waals surface area contributed by atoms with Gasteiger partial charge in [-0.25, -0.2) is 67.8 Å². The van der Waals surface area contributed by atoms with Gasteiger partial charge in [0.15, 0.2) is 0 Å². The van der Waals surface area contributed by atoms with E-state index in [9.17, 15) is 22.8 Å². The number of carbonyl (C=O) groups is 3. The van der Waals surface area contributed by atoms with Crippen LogP contribution in [0.15, 0.2) is 225 Å². The highest BCUT2D eigenvalue weighted by atomic mass is 35.5. The molecule has 670 valence electrons. The minimum Gasteiger partial charge on any atom is -0.357 e. The first-order valence-corrected chi connectivity index (χ1v) is 46.5. The van der Waals surface area contributed by atoms with Crippen LogP contribution in [0, 0.1) is 6.92 Å². The Kier molecular flexibility index (Phi) is 27.6. The number of hydrogen-bond acceptors (Lipinski definition) is 19. The molecule has 1 saturated heterocycles. The molecule has 7 aromatic carbocycles. The van der Waals surface area contributed by atoms with E-state index in [0.29, 0.717) is 127 Å². The molecule has 3 saturated carbocycles. The molecular weight excluding hydrogens is 1790 g/mol. The van der Waals surface area contributed by atoms with Gasteiger partial charge < -0.3 is 62.1 Å². The summed E-state index contributed by atoms with van der Waals surface area (Å²) in [6, 6.07) is 56.9. The molecule has 0 spiro atoms. The molecule has 0 bridgehead atoms. The van der Waals surface area contributed by atoms with Crippen molar-refractivity contribution >= 4 is 138 Å². The highest BCUT2D eigenvalue weighted by Gasteiger charge is 2.33. The SMILES string of the molecule is CCn1cc(-c2ccnc3[nH]ccc23)c(-c2cccc(NC(=O)Nc3ccc(C)cc3)c2)n1.CNc1nccc(-c2[nH]c(C3CC3)nc2-c2cccc(NC(=O)Cc3ccc(Cl)cc3)c2)n1.CNc1nccc(-c2[nH]c(C3CC3)nc2-c2cccc(NS(=O)(=O)Cc3ccc(Cl)c(Cl)c3)c2)n1.O=C1NCCN1CCNc1nccc(-c2[nH]c(C3CC3)nc2-c2cc(Cl)ccc2Cl)n1. The summed E-state index contributed by atoms with van der Waals surface area (Å²) in [7, 11) is -0.144. The monoisotopic (exact) mass is 1880 g/mol. The molecule has 4 fully saturated rings. The van der Waals surface area contributed by atoms with E-state index in [0.717, 1.165) is 164 Å². The number of amides is 5. The average molecular weight is 1880 g/mol. The van der Waals surface area contributed by atoms with Gasteiger partial charge in [-0.05, 0) is 190 Å². The predicted molar refractivity (Wildman–Crippen MR) is 522 cm³/mol. The van der Waals surface area contributed by atoms with E-state index in [1.165, 1.54) is 0 Å². The molecule has 0 radical (unpaired) electrons. The number of anilines is 7. The maximum Gasteiger partial charge on any atom is 0.323 e. The standard InChI is InChI=1S/C26H24N6O.C25H23ClN6O.C24H22Cl2N6O2S.C21H21Cl2N7O/c1-3-32-16-23(21-11-13-27-25-22(21)12-14-28-25)24(31-32)18-5-4-6-20(15-18)30-26(33)29-19-9-7-17(2)8-10-19;1-27-25-28-12-11-20(30-25)23-22(31-24(32-23)16-7-8-16)17-3-2-4-19(14-17)29-21(33)13-15-5-9-18(26)10-6-15;1-27-24-28-10-9-20(29-24)22-21(30-23(31-22)15-6-7-15)16-3-2-4-17(12-16)32-35(33,34)13-14-5-8-18(25)19(26)11-14;22-13-3-4-15(23)14(11-13)17-18(29-19(28-17)12-1-2-12)16-5-6-24-20(27-16)25-7-9-30-10-8-26-21(30)31/h4-16H,3H2,1-2H3,(H,27,28)(H2,29,30,33);2-6,9-12,14,16H,7-8,13H2,1H3,(H,29,33)(H,31,32)(H,27,28,30);2-5,8-12,15,32H,6-7,13H2,1H3,(H,30,31)(H,27,28,29);3-6,11-12H,1-2,7-10H2,(H,26,31)(H,28,29)(H,24,25,27). The highest BCUT2D eigenvalue weighted by Crippen LogP contribution is 2.46. The Morgan fingerprint density at radius 1 is 0.500 bits per heavy atom. The fourth-order valence-corrected chi connectivity index (χ4v) is 16.9. The summed E-state index contributed by atoms with van der Waals surface area (Å²) in [6.07, 6.45) is 17.8. The van der Waals surface area contributed by atoms with Crippen molar-refractivity contribution in [3.05, 3.63) is 285 Å². The third kappa shape index (κ3) is 22.5. The molecule has 20 rings (SSSR count). The van der Waals surface area contributed by atoms with Crippen molar-refractivity contribution in [1.29, 1.82) is 0 Å². The van der Waals surface area contributed by atoms with Gasteiger partial charge in [-0.15, -0.1) is 0 Å². The molecule has 1 aliphatic heterocycles. The lowest BCUT2D eigenvalue weighted by Crippen LogP contribution is -2.32. The minimum atomic E-state index is -3.69. The number of hydrogen-bond donors (Lipinski definition) is 12. The summed E-state index contributed by atoms with van der Waals surface area (Å²) < 4.78 is 30.3. The number of aromatic amines is 4. The number of imidazole rings is 3. The summed E-state index contributed by atoms with van der Waals surface area (Å²) in [4.78, 5) is 97.6. The number of nitrogens with one attached hydrogen (secondary N) is 12. The Morgan fingerprint density at radius 3 is 1.61 bits per heavy atom. The molecule has 10 heterocycles. The van der Waals surface area contributed by atoms with Gasteiger partial charge in [0, 0.05) is 168 Å². The molecule has 16 aromatic rings. The Labute approximate surface area is 785 Å². The molecule has 9 aromatic heterocycles. The number of benzene rings is 7. The first-order valence-electron chi connectivity index (χ1n) is 42.9. The summed E-state index contributed by atoms with van der Waals surface area (Å²) in [5.74, 6) is 5.34. The van der Waals surface area contributed by atoms with Gasteiger partial charge in [0.2, 0.25) is 33.8 Å². The number of aryl methyl sites for hydroxylation is 2. The Balaban J connectivity index is 0.000000123. The van der Waals surface area contributed by atoms with E-state index in [2.05, 4.69) is 110 Å². The number of halogens is 5. The first-order chi connectivity index (χ1) is 64.1. The fraction of sp³-hybridized carbons (Fsp3) is 0.208. The average Bonchev–Trinajstić information content (AvgIpc) is 1.63. The van der Waals surface area contributed by atoms with E-state index in [-0.39, 0.29) is 30.1 Å². The van der Waals surface area contributed by atoms with Crippen LogP contribution in [0.25, 0.3) is 101 Å². The number of rotatable bonds is 27. The van der Waals surface area contributed by atoms with Gasteiger partial charge in [-0.3, -0.25) is 14.2 Å². The summed E-state index contributed by atoms with van der Waals surface area (Å²) in [5, 5.41) is 29.1. The number of aromatic nitrogens is 16. The molecule has 30 nitrogen and oxygen atoms in total. The van der Waals surface area contributed by atoms with Crippen LogP contribution < -0.4 is 41.9 Å². The molecule has 3 aliphatic carbocycles. The fourth-order valence-electron chi connectivity index (χ4n) is 14.9. The quantitative estimate of drug-likeness (QED) is 0.0227. The van der Waals surface area contributed by atoms with Crippen molar-refractivity contribution in [3.8, 4) is 90.3 Å². The summed E-state index contributed by atoms with van der Waals surface area (Å²) in [6.45, 7) is 7.36. The third-order valence-electron chi connectivity index (χ3n) is 22.0. The topological polar surface area (TPSA) is 395 Å². The second-order valence-electron chi connectivity index (χ2n) is 31.9. The zero-order valence-corrected chi connectivity index (χ0v) is 76.5. The van der Waals surface area contributed by atoms with E-state index in [4.69, 9.17) is 78.1 Å². The minimum absolute atomic E-state index is 0.0374. The van der Waals surface area contributed by atoms with Crippen molar-refractivity contribution in [2.45, 2.75) is 88.8 Å². The summed E-state index contributed by atoms with van der Waals surface area (Å²) in [5.41, 5.74) is 19.1. The van der Waals surface area contributed by atoms with Crippen LogP contribution in [0.1, 0.15) is 97.4 Å². The smallest absolute Gasteiger partial charge is 0.323 e. The number of urea groups is 2. The highest BCUT2D eigenvalue weighted by molar-refractivity contribution is 7.91. The van der Waals surface area contributed by atoms with Crippen molar-refractivity contribution in [2.75, 3.05) is 76.9 Å². The Morgan fingerprint density at radius 2 is 1.03 bits per heavy atom. The maximum absolute atomic E-state index is 12.8. The zero-order chi connectivity index (χ0) is 91.5. The maximum atomic E-state index is 12.8. The van der Waals surface area contributed by atoms with Crippen LogP contribution in [0.5, 0.6) is 0 Å². The number of H-pyrrole nitrogens is 4. The largest absolute Gasteiger partial charge is 0.357 e. The van der Waals surface area contributed by atoms with Crippen molar-refractivity contribution in [1.82, 2.24) is 89.8 Å². The van der Waals surface area contributed by atoms with Gasteiger partial charge in [-0.1, -0.05) is 130 Å². The molecular formula is C96H90Cl5N25O5S. The Bertz CT molecular complexity index is 7010. The van der Waals surface area contributed by atoms with Crippen LogP contribution in [0.2, 0.25) is 25.1 Å². The molecule has 0 atom stereocenters. The van der Waals surface area contributed by atoms with Gasteiger partial charge in [0.25, 0.3) is 0 Å². The first kappa shape index (κ1) is 89.9. The number of nitrogens with zero attached hydrogens (tertiary/aromatic N) is 13. The van der Waals surface area contributed by atoms with Gasteiger partial charge >= 0.3 is 12.1 Å².